The number of fused-ring (bicyclic) bond motifs is 1. The zero-order valence-electron chi connectivity index (χ0n) is 7.48. The molecule has 2 aromatic heterocycles. The first-order valence-corrected chi connectivity index (χ1v) is 5.33. The van der Waals surface area contributed by atoms with Crippen molar-refractivity contribution in [2.24, 2.45) is 0 Å². The molecule has 4 heteroatoms. The summed E-state index contributed by atoms with van der Waals surface area (Å²) in [6.07, 6.45) is 5.83. The van der Waals surface area contributed by atoms with Crippen LogP contribution in [0.3, 0.4) is 0 Å². The predicted octanol–water partition coefficient (Wildman–Crippen LogP) is 2.37. The lowest BCUT2D eigenvalue weighted by atomic mass is 10.2. The maximum atomic E-state index is 5.19. The van der Waals surface area contributed by atoms with Crippen molar-refractivity contribution in [3.63, 3.8) is 0 Å². The molecule has 14 heavy (non-hydrogen) atoms. The summed E-state index contributed by atoms with van der Waals surface area (Å²) in [5.74, 6) is 0. The molecule has 3 rings (SSSR count). The molecule has 0 bridgehead atoms. The quantitative estimate of drug-likeness (QED) is 0.780. The van der Waals surface area contributed by atoms with Crippen LogP contribution < -0.4 is 0 Å². The number of hydrogen-bond donors (Lipinski definition) is 0. The van der Waals surface area contributed by atoms with Crippen LogP contribution in [0.15, 0.2) is 29.1 Å². The molecule has 0 spiro atoms. The van der Waals surface area contributed by atoms with E-state index in [2.05, 4.69) is 31.7 Å². The van der Waals surface area contributed by atoms with Gasteiger partial charge in [-0.05, 0) is 22.0 Å². The molecule has 72 valence electrons. The van der Waals surface area contributed by atoms with E-state index in [1.54, 1.807) is 0 Å². The first-order valence-electron chi connectivity index (χ1n) is 4.54. The van der Waals surface area contributed by atoms with Crippen LogP contribution in [0.5, 0.6) is 0 Å². The molecule has 2 aromatic rings. The van der Waals surface area contributed by atoms with E-state index < -0.39 is 0 Å². The molecule has 1 aliphatic heterocycles. The molecule has 0 saturated carbocycles. The highest BCUT2D eigenvalue weighted by atomic mass is 79.9. The Morgan fingerprint density at radius 3 is 3.07 bits per heavy atom. The van der Waals surface area contributed by atoms with Gasteiger partial charge in [-0.2, -0.15) is 0 Å². The van der Waals surface area contributed by atoms with Crippen molar-refractivity contribution >= 4 is 26.8 Å². The van der Waals surface area contributed by atoms with Crippen LogP contribution in [0, 0.1) is 0 Å². The third-order valence-corrected chi connectivity index (χ3v) is 3.23. The molecular weight excluding hydrogens is 244 g/mol. The minimum absolute atomic E-state index is 0.480. The third kappa shape index (κ3) is 1.11. The molecule has 0 atom stereocenters. The first kappa shape index (κ1) is 8.44. The second-order valence-electron chi connectivity index (χ2n) is 3.47. The number of hydrogen-bond acceptors (Lipinski definition) is 2. The average Bonchev–Trinajstić information content (AvgIpc) is 2.43. The van der Waals surface area contributed by atoms with Crippen LogP contribution in [0.4, 0.5) is 0 Å². The molecule has 3 heterocycles. The number of pyridine rings is 1. The van der Waals surface area contributed by atoms with E-state index in [0.29, 0.717) is 6.04 Å². The standard InChI is InChI=1S/C10H9BrN2O/c11-9-4-13(7-5-14-6-7)10-3-12-2-1-8(9)10/h1-4,7H,5-6H2. The molecule has 0 aromatic carbocycles. The van der Waals surface area contributed by atoms with Crippen molar-refractivity contribution in [2.45, 2.75) is 6.04 Å². The average molecular weight is 253 g/mol. The summed E-state index contributed by atoms with van der Waals surface area (Å²) >= 11 is 3.55. The van der Waals surface area contributed by atoms with E-state index in [1.165, 1.54) is 10.9 Å². The number of ether oxygens (including phenoxy) is 1. The van der Waals surface area contributed by atoms with Crippen LogP contribution in [0.1, 0.15) is 6.04 Å². The minimum Gasteiger partial charge on any atom is -0.377 e. The Morgan fingerprint density at radius 2 is 2.36 bits per heavy atom. The Balaban J connectivity index is 2.23. The highest BCUT2D eigenvalue weighted by Gasteiger charge is 2.22. The summed E-state index contributed by atoms with van der Waals surface area (Å²) < 4.78 is 8.55. The van der Waals surface area contributed by atoms with Gasteiger partial charge in [-0.15, -0.1) is 0 Å². The Morgan fingerprint density at radius 1 is 1.50 bits per heavy atom. The molecule has 0 unspecified atom stereocenters. The highest BCUT2D eigenvalue weighted by Crippen LogP contribution is 2.30. The monoisotopic (exact) mass is 252 g/mol. The first-order chi connectivity index (χ1) is 6.86. The summed E-state index contributed by atoms with van der Waals surface area (Å²) in [6, 6.07) is 2.50. The lowest BCUT2D eigenvalue weighted by molar-refractivity contribution is -0.0214. The maximum Gasteiger partial charge on any atom is 0.0804 e. The minimum atomic E-state index is 0.480. The number of halogens is 1. The van der Waals surface area contributed by atoms with Crippen LogP contribution >= 0.6 is 15.9 Å². The molecule has 1 fully saturated rings. The predicted molar refractivity (Wildman–Crippen MR) is 57.3 cm³/mol. The van der Waals surface area contributed by atoms with Gasteiger partial charge in [-0.3, -0.25) is 4.98 Å². The normalized spacial score (nSPS) is 17.2. The van der Waals surface area contributed by atoms with Gasteiger partial charge in [-0.25, -0.2) is 0 Å². The van der Waals surface area contributed by atoms with Crippen LogP contribution in [0.2, 0.25) is 0 Å². The zero-order chi connectivity index (χ0) is 9.54. The maximum absolute atomic E-state index is 5.19. The molecular formula is C10H9BrN2O. The smallest absolute Gasteiger partial charge is 0.0804 e. The Labute approximate surface area is 89.8 Å². The summed E-state index contributed by atoms with van der Waals surface area (Å²) in [6.45, 7) is 1.62. The Bertz CT molecular complexity index is 476. The SMILES string of the molecule is Brc1cn(C2COC2)c2cnccc12. The van der Waals surface area contributed by atoms with E-state index in [9.17, 15) is 0 Å². The van der Waals surface area contributed by atoms with Crippen molar-refractivity contribution in [1.82, 2.24) is 9.55 Å². The molecule has 0 N–H and O–H groups in total. The number of aromatic nitrogens is 2. The molecule has 0 radical (unpaired) electrons. The van der Waals surface area contributed by atoms with Crippen molar-refractivity contribution in [3.05, 3.63) is 29.1 Å². The summed E-state index contributed by atoms with van der Waals surface area (Å²) in [7, 11) is 0. The fourth-order valence-electron chi connectivity index (χ4n) is 1.74. The molecule has 0 aliphatic carbocycles. The highest BCUT2D eigenvalue weighted by molar-refractivity contribution is 9.10. The van der Waals surface area contributed by atoms with Gasteiger partial charge in [0.05, 0.1) is 31.0 Å². The second kappa shape index (κ2) is 3.07. The molecule has 1 aliphatic rings. The van der Waals surface area contributed by atoms with E-state index in [-0.39, 0.29) is 0 Å². The van der Waals surface area contributed by atoms with Gasteiger partial charge >= 0.3 is 0 Å². The van der Waals surface area contributed by atoms with Gasteiger partial charge in [0.25, 0.3) is 0 Å². The van der Waals surface area contributed by atoms with Crippen LogP contribution in [-0.2, 0) is 4.74 Å². The molecule has 0 amide bonds. The molecule has 3 nitrogen and oxygen atoms in total. The van der Waals surface area contributed by atoms with Gasteiger partial charge in [0.15, 0.2) is 0 Å². The van der Waals surface area contributed by atoms with E-state index in [1.807, 2.05) is 18.5 Å². The zero-order valence-corrected chi connectivity index (χ0v) is 9.07. The van der Waals surface area contributed by atoms with Gasteiger partial charge < -0.3 is 9.30 Å². The largest absolute Gasteiger partial charge is 0.377 e. The number of nitrogens with zero attached hydrogens (tertiary/aromatic N) is 2. The van der Waals surface area contributed by atoms with Crippen molar-refractivity contribution < 1.29 is 4.74 Å². The summed E-state index contributed by atoms with van der Waals surface area (Å²) in [5.41, 5.74) is 1.17. The summed E-state index contributed by atoms with van der Waals surface area (Å²) in [4.78, 5) is 4.15. The fraction of sp³-hybridized carbons (Fsp3) is 0.300. The van der Waals surface area contributed by atoms with E-state index in [4.69, 9.17) is 4.74 Å². The van der Waals surface area contributed by atoms with Crippen LogP contribution in [0.25, 0.3) is 10.9 Å². The number of rotatable bonds is 1. The van der Waals surface area contributed by atoms with Crippen molar-refractivity contribution in [2.75, 3.05) is 13.2 Å². The van der Waals surface area contributed by atoms with E-state index in [0.717, 1.165) is 17.7 Å². The van der Waals surface area contributed by atoms with Gasteiger partial charge in [0.2, 0.25) is 0 Å². The third-order valence-electron chi connectivity index (χ3n) is 2.60. The Kier molecular flexibility index (Phi) is 1.85. The van der Waals surface area contributed by atoms with Gasteiger partial charge in [-0.1, -0.05) is 0 Å². The topological polar surface area (TPSA) is 27.1 Å². The van der Waals surface area contributed by atoms with E-state index >= 15 is 0 Å². The lowest BCUT2D eigenvalue weighted by Gasteiger charge is -2.28. The Hall–Kier alpha value is -0.870. The fourth-order valence-corrected chi connectivity index (χ4v) is 2.30. The second-order valence-corrected chi connectivity index (χ2v) is 4.32. The van der Waals surface area contributed by atoms with Gasteiger partial charge in [0.1, 0.15) is 0 Å². The van der Waals surface area contributed by atoms with Gasteiger partial charge in [0, 0.05) is 22.3 Å². The summed E-state index contributed by atoms with van der Waals surface area (Å²) in [5, 5.41) is 1.21. The molecule has 1 saturated heterocycles. The lowest BCUT2D eigenvalue weighted by Crippen LogP contribution is -2.30. The van der Waals surface area contributed by atoms with Crippen LogP contribution in [-0.4, -0.2) is 22.8 Å². The van der Waals surface area contributed by atoms with Crippen molar-refractivity contribution in [1.29, 1.82) is 0 Å². The van der Waals surface area contributed by atoms with Crippen molar-refractivity contribution in [3.8, 4) is 0 Å².